The summed E-state index contributed by atoms with van der Waals surface area (Å²) >= 11 is 5.73. The first-order valence-corrected chi connectivity index (χ1v) is 4.35. The molecule has 0 aliphatic heterocycles. The van der Waals surface area contributed by atoms with Gasteiger partial charge in [0.1, 0.15) is 5.82 Å². The maximum Gasteiger partial charge on any atom is 0.147 e. The van der Waals surface area contributed by atoms with Gasteiger partial charge in [-0.2, -0.15) is 0 Å². The van der Waals surface area contributed by atoms with Crippen molar-refractivity contribution < 1.29 is 9.50 Å². The number of nitrogens with one attached hydrogen (secondary N) is 1. The summed E-state index contributed by atoms with van der Waals surface area (Å²) in [5, 5.41) is 12.0. The number of hydrogen-bond acceptors (Lipinski definition) is 2. The third-order valence-electron chi connectivity index (χ3n) is 1.54. The number of aliphatic hydroxyl groups excluding tert-OH is 1. The van der Waals surface area contributed by atoms with Crippen LogP contribution in [-0.2, 0) is 0 Å². The average Bonchev–Trinajstić information content (AvgIpc) is 2.03. The molecule has 2 nitrogen and oxygen atoms in total. The summed E-state index contributed by atoms with van der Waals surface area (Å²) in [5.74, 6) is -0.409. The quantitative estimate of drug-likeness (QED) is 0.790. The summed E-state index contributed by atoms with van der Waals surface area (Å²) in [6, 6.07) is 4.44. The minimum atomic E-state index is -0.532. The summed E-state index contributed by atoms with van der Waals surface area (Å²) in [5.41, 5.74) is 0.241. The van der Waals surface area contributed by atoms with E-state index in [1.54, 1.807) is 13.0 Å². The van der Waals surface area contributed by atoms with Crippen LogP contribution >= 0.6 is 11.6 Å². The van der Waals surface area contributed by atoms with Crippen molar-refractivity contribution in [3.05, 3.63) is 29.0 Å². The minimum Gasteiger partial charge on any atom is -0.392 e. The summed E-state index contributed by atoms with van der Waals surface area (Å²) in [6.45, 7) is 1.89. The van der Waals surface area contributed by atoms with Gasteiger partial charge in [-0.05, 0) is 19.1 Å². The van der Waals surface area contributed by atoms with Crippen molar-refractivity contribution in [1.82, 2.24) is 0 Å². The highest BCUT2D eigenvalue weighted by molar-refractivity contribution is 6.33. The lowest BCUT2D eigenvalue weighted by Crippen LogP contribution is -2.16. The number of aliphatic hydroxyl groups is 1. The van der Waals surface area contributed by atoms with Crippen molar-refractivity contribution in [3.63, 3.8) is 0 Å². The van der Waals surface area contributed by atoms with E-state index in [-0.39, 0.29) is 12.2 Å². The molecule has 0 aliphatic rings. The molecule has 0 aromatic heterocycles. The van der Waals surface area contributed by atoms with Crippen LogP contribution in [0.1, 0.15) is 6.92 Å². The van der Waals surface area contributed by atoms with Crippen LogP contribution in [0.2, 0.25) is 5.02 Å². The number of rotatable bonds is 3. The van der Waals surface area contributed by atoms with E-state index in [0.29, 0.717) is 5.02 Å². The Hall–Kier alpha value is -0.800. The largest absolute Gasteiger partial charge is 0.392 e. The van der Waals surface area contributed by atoms with Crippen molar-refractivity contribution in [3.8, 4) is 0 Å². The van der Waals surface area contributed by atoms with E-state index < -0.39 is 11.9 Å². The molecule has 0 fully saturated rings. The number of para-hydroxylation sites is 1. The van der Waals surface area contributed by atoms with Crippen LogP contribution < -0.4 is 5.32 Å². The van der Waals surface area contributed by atoms with E-state index in [1.165, 1.54) is 12.1 Å². The van der Waals surface area contributed by atoms with Gasteiger partial charge < -0.3 is 10.4 Å². The lowest BCUT2D eigenvalue weighted by atomic mass is 10.3. The standard InChI is InChI=1S/C9H11ClFNO/c1-6(13)5-12-9-7(10)3-2-4-8(9)11/h2-4,6,12-13H,5H2,1H3. The van der Waals surface area contributed by atoms with Crippen molar-refractivity contribution in [2.75, 3.05) is 11.9 Å². The molecular weight excluding hydrogens is 193 g/mol. The van der Waals surface area contributed by atoms with Gasteiger partial charge in [0.2, 0.25) is 0 Å². The van der Waals surface area contributed by atoms with E-state index >= 15 is 0 Å². The van der Waals surface area contributed by atoms with E-state index in [2.05, 4.69) is 5.32 Å². The molecule has 1 rings (SSSR count). The summed E-state index contributed by atoms with van der Waals surface area (Å²) in [7, 11) is 0. The zero-order chi connectivity index (χ0) is 9.84. The monoisotopic (exact) mass is 203 g/mol. The molecule has 0 radical (unpaired) electrons. The first-order chi connectivity index (χ1) is 6.11. The lowest BCUT2D eigenvalue weighted by Gasteiger charge is -2.10. The molecule has 1 unspecified atom stereocenters. The van der Waals surface area contributed by atoms with Crippen LogP contribution in [0.25, 0.3) is 0 Å². The Bertz CT molecular complexity index is 271. The normalized spacial score (nSPS) is 12.6. The van der Waals surface area contributed by atoms with Crippen LogP contribution in [0.3, 0.4) is 0 Å². The fourth-order valence-corrected chi connectivity index (χ4v) is 1.15. The van der Waals surface area contributed by atoms with Gasteiger partial charge in [0.15, 0.2) is 0 Å². The topological polar surface area (TPSA) is 32.3 Å². The Kier molecular flexibility index (Phi) is 3.51. The predicted molar refractivity (Wildman–Crippen MR) is 51.6 cm³/mol. The maximum atomic E-state index is 13.1. The number of benzene rings is 1. The van der Waals surface area contributed by atoms with Gasteiger partial charge in [0.05, 0.1) is 16.8 Å². The van der Waals surface area contributed by atoms with Gasteiger partial charge in [-0.25, -0.2) is 4.39 Å². The molecule has 0 amide bonds. The van der Waals surface area contributed by atoms with Crippen LogP contribution in [0.5, 0.6) is 0 Å². The second-order valence-corrected chi connectivity index (χ2v) is 3.23. The van der Waals surface area contributed by atoms with Gasteiger partial charge >= 0.3 is 0 Å². The smallest absolute Gasteiger partial charge is 0.147 e. The fraction of sp³-hybridized carbons (Fsp3) is 0.333. The van der Waals surface area contributed by atoms with Crippen molar-refractivity contribution in [2.24, 2.45) is 0 Å². The second-order valence-electron chi connectivity index (χ2n) is 2.83. The molecule has 1 aromatic carbocycles. The summed E-state index contributed by atoms with van der Waals surface area (Å²) < 4.78 is 13.1. The fourth-order valence-electron chi connectivity index (χ4n) is 0.916. The van der Waals surface area contributed by atoms with Gasteiger partial charge in [0.25, 0.3) is 0 Å². The molecule has 72 valence electrons. The highest BCUT2D eigenvalue weighted by Gasteiger charge is 2.06. The van der Waals surface area contributed by atoms with Crippen molar-refractivity contribution in [1.29, 1.82) is 0 Å². The molecule has 4 heteroatoms. The third-order valence-corrected chi connectivity index (χ3v) is 1.85. The van der Waals surface area contributed by atoms with Gasteiger partial charge in [-0.1, -0.05) is 17.7 Å². The average molecular weight is 204 g/mol. The van der Waals surface area contributed by atoms with Crippen LogP contribution in [0, 0.1) is 5.82 Å². The van der Waals surface area contributed by atoms with E-state index in [4.69, 9.17) is 16.7 Å². The Morgan fingerprint density at radius 2 is 2.31 bits per heavy atom. The van der Waals surface area contributed by atoms with E-state index in [1.807, 2.05) is 0 Å². The highest BCUT2D eigenvalue weighted by atomic mass is 35.5. The summed E-state index contributed by atoms with van der Waals surface area (Å²) in [4.78, 5) is 0. The maximum absolute atomic E-state index is 13.1. The first-order valence-electron chi connectivity index (χ1n) is 3.97. The highest BCUT2D eigenvalue weighted by Crippen LogP contribution is 2.24. The number of hydrogen-bond donors (Lipinski definition) is 2. The molecule has 0 bridgehead atoms. The molecule has 13 heavy (non-hydrogen) atoms. The molecule has 0 saturated heterocycles. The SMILES string of the molecule is CC(O)CNc1c(F)cccc1Cl. The molecular formula is C9H11ClFNO. The second kappa shape index (κ2) is 4.44. The van der Waals surface area contributed by atoms with Gasteiger partial charge in [-0.3, -0.25) is 0 Å². The van der Waals surface area contributed by atoms with Crippen molar-refractivity contribution >= 4 is 17.3 Å². The van der Waals surface area contributed by atoms with Gasteiger partial charge in [-0.15, -0.1) is 0 Å². The molecule has 2 N–H and O–H groups in total. The number of halogens is 2. The first kappa shape index (κ1) is 10.3. The third kappa shape index (κ3) is 2.86. The Morgan fingerprint density at radius 3 is 2.85 bits per heavy atom. The molecule has 0 saturated carbocycles. The zero-order valence-corrected chi connectivity index (χ0v) is 7.98. The molecule has 0 aliphatic carbocycles. The molecule has 1 aromatic rings. The zero-order valence-electron chi connectivity index (χ0n) is 7.22. The Balaban J connectivity index is 2.75. The minimum absolute atomic E-state index is 0.241. The Labute approximate surface area is 81.3 Å². The molecule has 1 atom stereocenters. The van der Waals surface area contributed by atoms with Crippen LogP contribution in [-0.4, -0.2) is 17.8 Å². The lowest BCUT2D eigenvalue weighted by molar-refractivity contribution is 0.208. The predicted octanol–water partition coefficient (Wildman–Crippen LogP) is 2.27. The van der Waals surface area contributed by atoms with Gasteiger partial charge in [0, 0.05) is 6.54 Å². The number of anilines is 1. The van der Waals surface area contributed by atoms with Crippen molar-refractivity contribution in [2.45, 2.75) is 13.0 Å². The molecule has 0 heterocycles. The van der Waals surface area contributed by atoms with E-state index in [0.717, 1.165) is 0 Å². The van der Waals surface area contributed by atoms with E-state index in [9.17, 15) is 4.39 Å². The van der Waals surface area contributed by atoms with Crippen LogP contribution in [0.4, 0.5) is 10.1 Å². The van der Waals surface area contributed by atoms with Crippen LogP contribution in [0.15, 0.2) is 18.2 Å². The molecule has 0 spiro atoms. The summed E-state index contributed by atoms with van der Waals surface area (Å²) in [6.07, 6.45) is -0.532. The Morgan fingerprint density at radius 1 is 1.62 bits per heavy atom.